The highest BCUT2D eigenvalue weighted by Gasteiger charge is 2.59. The van der Waals surface area contributed by atoms with Crippen LogP contribution in [0.2, 0.25) is 0 Å². The van der Waals surface area contributed by atoms with E-state index in [4.69, 9.17) is 0 Å². The average Bonchev–Trinajstić information content (AvgIpc) is 2.84. The second-order valence-corrected chi connectivity index (χ2v) is 9.03. The minimum absolute atomic E-state index is 0.357. The normalized spacial score (nSPS) is 53.3. The van der Waals surface area contributed by atoms with Crippen LogP contribution in [0.4, 0.5) is 0 Å². The molecule has 0 radical (unpaired) electrons. The van der Waals surface area contributed by atoms with Gasteiger partial charge in [0, 0.05) is 6.04 Å². The molecule has 4 aliphatic carbocycles. The van der Waals surface area contributed by atoms with Crippen LogP contribution in [0.25, 0.3) is 0 Å². The lowest BCUT2D eigenvalue weighted by atomic mass is 9.46. The summed E-state index contributed by atoms with van der Waals surface area (Å²) in [6.07, 6.45) is 16.5. The van der Waals surface area contributed by atoms with Gasteiger partial charge in [-0.25, -0.2) is 0 Å². The van der Waals surface area contributed by atoms with Gasteiger partial charge in [-0.1, -0.05) is 26.0 Å². The largest absolute Gasteiger partial charge is 0.355 e. The monoisotopic (exact) mass is 301 g/mol. The van der Waals surface area contributed by atoms with E-state index in [0.29, 0.717) is 16.9 Å². The molecule has 0 spiro atoms. The first-order chi connectivity index (χ1) is 10.6. The topological polar surface area (TPSA) is 29.1 Å². The maximum Gasteiger partial charge on any atom is 0.207 e. The molecule has 3 fully saturated rings. The molecule has 4 rings (SSSR count). The zero-order valence-electron chi connectivity index (χ0n) is 14.2. The third kappa shape index (κ3) is 1.88. The Kier molecular flexibility index (Phi) is 3.43. The summed E-state index contributed by atoms with van der Waals surface area (Å²) < 4.78 is 0. The van der Waals surface area contributed by atoms with Gasteiger partial charge in [-0.3, -0.25) is 4.79 Å². The van der Waals surface area contributed by atoms with E-state index in [1.807, 2.05) is 0 Å². The molecule has 0 unspecified atom stereocenters. The molecule has 0 heterocycles. The van der Waals surface area contributed by atoms with E-state index in [1.54, 1.807) is 0 Å². The van der Waals surface area contributed by atoms with Gasteiger partial charge in [-0.2, -0.15) is 0 Å². The van der Waals surface area contributed by atoms with Crippen molar-refractivity contribution in [3.63, 3.8) is 0 Å². The molecule has 122 valence electrons. The first-order valence-corrected chi connectivity index (χ1v) is 9.44. The molecule has 0 aromatic rings. The van der Waals surface area contributed by atoms with Gasteiger partial charge in [0.25, 0.3) is 0 Å². The van der Waals surface area contributed by atoms with Crippen molar-refractivity contribution in [1.29, 1.82) is 0 Å². The second-order valence-electron chi connectivity index (χ2n) is 9.03. The van der Waals surface area contributed by atoms with Gasteiger partial charge in [0.15, 0.2) is 0 Å². The highest BCUT2D eigenvalue weighted by atomic mass is 16.1. The lowest BCUT2D eigenvalue weighted by Crippen LogP contribution is -2.54. The molecular formula is C20H31NO. The summed E-state index contributed by atoms with van der Waals surface area (Å²) in [7, 11) is 0. The smallest absolute Gasteiger partial charge is 0.207 e. The zero-order chi connectivity index (χ0) is 15.4. The van der Waals surface area contributed by atoms with E-state index >= 15 is 0 Å². The van der Waals surface area contributed by atoms with E-state index < -0.39 is 0 Å². The number of nitrogens with one attached hydrogen (secondary N) is 1. The van der Waals surface area contributed by atoms with Gasteiger partial charge in [0.2, 0.25) is 6.41 Å². The van der Waals surface area contributed by atoms with E-state index in [1.165, 1.54) is 51.4 Å². The summed E-state index contributed by atoms with van der Waals surface area (Å²) in [5.41, 5.74) is 0.908. The van der Waals surface area contributed by atoms with Crippen LogP contribution in [0, 0.1) is 34.5 Å². The first-order valence-electron chi connectivity index (χ1n) is 9.44. The molecule has 2 nitrogen and oxygen atoms in total. The molecular weight excluding hydrogens is 270 g/mol. The average molecular weight is 301 g/mol. The van der Waals surface area contributed by atoms with E-state index in [9.17, 15) is 4.79 Å². The highest BCUT2D eigenvalue weighted by Crippen LogP contribution is 2.65. The summed E-state index contributed by atoms with van der Waals surface area (Å²) in [4.78, 5) is 11.0. The fraction of sp³-hybridized carbons (Fsp3) is 0.850. The maximum atomic E-state index is 11.0. The van der Waals surface area contributed by atoms with Crippen molar-refractivity contribution in [2.24, 2.45) is 34.5 Å². The van der Waals surface area contributed by atoms with E-state index in [-0.39, 0.29) is 0 Å². The highest BCUT2D eigenvalue weighted by molar-refractivity contribution is 5.47. The Morgan fingerprint density at radius 2 is 1.82 bits per heavy atom. The molecule has 0 saturated heterocycles. The third-order valence-corrected chi connectivity index (χ3v) is 8.48. The predicted molar refractivity (Wildman–Crippen MR) is 89.2 cm³/mol. The van der Waals surface area contributed by atoms with Crippen LogP contribution in [0.1, 0.15) is 65.2 Å². The van der Waals surface area contributed by atoms with Crippen molar-refractivity contribution in [1.82, 2.24) is 5.32 Å². The van der Waals surface area contributed by atoms with Gasteiger partial charge in [-0.15, -0.1) is 0 Å². The number of carbonyl (C=O) groups excluding carboxylic acids is 1. The van der Waals surface area contributed by atoms with Crippen molar-refractivity contribution in [2.45, 2.75) is 71.3 Å². The Morgan fingerprint density at radius 3 is 2.64 bits per heavy atom. The number of amides is 1. The summed E-state index contributed by atoms with van der Waals surface area (Å²) in [5, 5.41) is 3.15. The van der Waals surface area contributed by atoms with Crippen LogP contribution in [0.3, 0.4) is 0 Å². The van der Waals surface area contributed by atoms with Crippen molar-refractivity contribution in [3.05, 3.63) is 12.2 Å². The second kappa shape index (κ2) is 5.11. The molecule has 0 aromatic heterocycles. The molecule has 0 aromatic carbocycles. The molecule has 0 bridgehead atoms. The van der Waals surface area contributed by atoms with Crippen LogP contribution in [-0.4, -0.2) is 12.5 Å². The Balaban J connectivity index is 1.62. The van der Waals surface area contributed by atoms with Crippen LogP contribution < -0.4 is 5.32 Å². The van der Waals surface area contributed by atoms with Crippen LogP contribution in [-0.2, 0) is 4.79 Å². The third-order valence-electron chi connectivity index (χ3n) is 8.48. The number of hydrogen-bond acceptors (Lipinski definition) is 1. The van der Waals surface area contributed by atoms with Crippen LogP contribution in [0.5, 0.6) is 0 Å². The summed E-state index contributed by atoms with van der Waals surface area (Å²) >= 11 is 0. The van der Waals surface area contributed by atoms with Crippen LogP contribution >= 0.6 is 0 Å². The molecule has 1 amide bonds. The maximum absolute atomic E-state index is 11.0. The Hall–Kier alpha value is -0.790. The first kappa shape index (κ1) is 14.8. The van der Waals surface area contributed by atoms with Crippen molar-refractivity contribution in [3.8, 4) is 0 Å². The van der Waals surface area contributed by atoms with Gasteiger partial charge in [0.1, 0.15) is 0 Å². The number of rotatable bonds is 2. The zero-order valence-corrected chi connectivity index (χ0v) is 14.2. The standard InChI is InChI=1S/C20H31NO/c1-19-11-4-3-5-14(19)6-7-15-16-8-9-18(21-13-22)20(16,2)12-10-17(15)19/h3-4,13-18H,5-12H2,1-2H3,(H,21,22)/t14-,15+,16+,17+,18+,19+,20+/m1/s1. The number of allylic oxidation sites excluding steroid dienone is 2. The van der Waals surface area contributed by atoms with Crippen molar-refractivity contribution in [2.75, 3.05) is 0 Å². The fourth-order valence-electron chi connectivity index (χ4n) is 7.19. The number of fused-ring (bicyclic) bond motifs is 5. The van der Waals surface area contributed by atoms with Crippen LogP contribution in [0.15, 0.2) is 12.2 Å². The minimum atomic E-state index is 0.357. The van der Waals surface area contributed by atoms with E-state index in [2.05, 4.69) is 31.3 Å². The Labute approximate surface area is 135 Å². The Bertz CT molecular complexity index is 486. The summed E-state index contributed by atoms with van der Waals surface area (Å²) in [6.45, 7) is 5.06. The quantitative estimate of drug-likeness (QED) is 0.597. The van der Waals surface area contributed by atoms with Crippen molar-refractivity contribution >= 4 is 6.41 Å². The fourth-order valence-corrected chi connectivity index (χ4v) is 7.19. The minimum Gasteiger partial charge on any atom is -0.355 e. The van der Waals surface area contributed by atoms with Gasteiger partial charge >= 0.3 is 0 Å². The van der Waals surface area contributed by atoms with Gasteiger partial charge < -0.3 is 5.32 Å². The SMILES string of the molecule is C[C@]12CC=CC[C@@H]1CC[C@@H]1[C@@H]2CC[C@]2(C)[C@@H](NC=O)CC[C@@H]12. The van der Waals surface area contributed by atoms with Gasteiger partial charge in [0.05, 0.1) is 0 Å². The lowest BCUT2D eigenvalue weighted by Gasteiger charge is -2.59. The molecule has 1 N–H and O–H groups in total. The molecule has 2 heteroatoms. The predicted octanol–water partition coefficient (Wildman–Crippen LogP) is 4.31. The number of hydrogen-bond donors (Lipinski definition) is 1. The molecule has 4 aliphatic rings. The molecule has 7 atom stereocenters. The summed E-state index contributed by atoms with van der Waals surface area (Å²) in [5.74, 6) is 3.59. The molecule has 22 heavy (non-hydrogen) atoms. The Morgan fingerprint density at radius 1 is 1.00 bits per heavy atom. The van der Waals surface area contributed by atoms with Crippen molar-refractivity contribution < 1.29 is 4.79 Å². The number of carbonyl (C=O) groups is 1. The lowest BCUT2D eigenvalue weighted by molar-refractivity contribution is -0.113. The summed E-state index contributed by atoms with van der Waals surface area (Å²) in [6, 6.07) is 0.424. The van der Waals surface area contributed by atoms with Gasteiger partial charge in [-0.05, 0) is 85.9 Å². The van der Waals surface area contributed by atoms with E-state index in [0.717, 1.165) is 30.1 Å². The molecule has 3 saturated carbocycles. The molecule has 0 aliphatic heterocycles.